The number of nitrogens with two attached hydrogens (primary N) is 1. The minimum atomic E-state index is -4.26. The Morgan fingerprint density at radius 2 is 1.59 bits per heavy atom. The number of benzene rings is 1. The molecule has 148 valence electrons. The molecule has 0 atom stereocenters. The summed E-state index contributed by atoms with van der Waals surface area (Å²) < 4.78 is 23.3. The van der Waals surface area contributed by atoms with Crippen molar-refractivity contribution in [1.82, 2.24) is 0 Å². The topological polar surface area (TPSA) is 160 Å². The van der Waals surface area contributed by atoms with E-state index in [0.29, 0.717) is 0 Å². The van der Waals surface area contributed by atoms with Gasteiger partial charge in [0.1, 0.15) is 0 Å². The van der Waals surface area contributed by atoms with Crippen LogP contribution in [0.15, 0.2) is 29.4 Å². The zero-order chi connectivity index (χ0) is 20.8. The molecule has 1 aromatic carbocycles. The normalized spacial score (nSPS) is 12.3. The van der Waals surface area contributed by atoms with Crippen LogP contribution in [0.1, 0.15) is 38.1 Å². The van der Waals surface area contributed by atoms with Crippen molar-refractivity contribution in [3.8, 4) is 0 Å². The first kappa shape index (κ1) is 22.4. The molecular formula is C15H20N3O8P. The fourth-order valence-corrected chi connectivity index (χ4v) is 3.54. The summed E-state index contributed by atoms with van der Waals surface area (Å²) in [7, 11) is -4.26. The van der Waals surface area contributed by atoms with Crippen molar-refractivity contribution in [2.45, 2.75) is 39.9 Å². The summed E-state index contributed by atoms with van der Waals surface area (Å²) in [6.07, 6.45) is -1.21. The lowest BCUT2D eigenvalue weighted by molar-refractivity contribution is -0.384. The van der Waals surface area contributed by atoms with Gasteiger partial charge in [0.05, 0.1) is 22.7 Å². The van der Waals surface area contributed by atoms with Gasteiger partial charge in [-0.3, -0.25) is 19.5 Å². The van der Waals surface area contributed by atoms with Gasteiger partial charge < -0.3 is 19.6 Å². The quantitative estimate of drug-likeness (QED) is 0.217. The summed E-state index contributed by atoms with van der Waals surface area (Å²) >= 11 is 0. The Labute approximate surface area is 155 Å². The van der Waals surface area contributed by atoms with Gasteiger partial charge in [-0.05, 0) is 39.8 Å². The summed E-state index contributed by atoms with van der Waals surface area (Å²) in [5, 5.41) is 13.9. The van der Waals surface area contributed by atoms with Gasteiger partial charge >= 0.3 is 13.6 Å². The molecular weight excluding hydrogens is 381 g/mol. The predicted molar refractivity (Wildman–Crippen MR) is 95.2 cm³/mol. The lowest BCUT2D eigenvalue weighted by atomic mass is 10.2. The van der Waals surface area contributed by atoms with Crippen LogP contribution < -0.4 is 5.73 Å². The van der Waals surface area contributed by atoms with E-state index in [4.69, 9.17) is 14.8 Å². The van der Waals surface area contributed by atoms with E-state index in [-0.39, 0.29) is 11.3 Å². The Hall–Kier alpha value is -2.62. The van der Waals surface area contributed by atoms with Gasteiger partial charge in [0, 0.05) is 12.1 Å². The van der Waals surface area contributed by atoms with Gasteiger partial charge in [0.25, 0.3) is 17.0 Å². The van der Waals surface area contributed by atoms with E-state index in [2.05, 4.69) is 9.99 Å². The van der Waals surface area contributed by atoms with Crippen molar-refractivity contribution >= 4 is 30.6 Å². The molecule has 11 nitrogen and oxygen atoms in total. The van der Waals surface area contributed by atoms with Crippen molar-refractivity contribution in [2.24, 2.45) is 10.9 Å². The highest BCUT2D eigenvalue weighted by atomic mass is 31.2. The third kappa shape index (κ3) is 6.55. The van der Waals surface area contributed by atoms with Crippen molar-refractivity contribution in [3.05, 3.63) is 39.9 Å². The van der Waals surface area contributed by atoms with E-state index >= 15 is 0 Å². The molecule has 0 fully saturated rings. The van der Waals surface area contributed by atoms with Crippen molar-refractivity contribution < 1.29 is 33.0 Å². The fraction of sp³-hybridized carbons (Fsp3) is 0.400. The van der Waals surface area contributed by atoms with Gasteiger partial charge in [0.2, 0.25) is 0 Å². The molecule has 27 heavy (non-hydrogen) atoms. The largest absolute Gasteiger partial charge is 0.389 e. The number of hydrogen-bond donors (Lipinski definition) is 1. The van der Waals surface area contributed by atoms with E-state index in [1.807, 2.05) is 0 Å². The molecule has 0 aliphatic carbocycles. The van der Waals surface area contributed by atoms with Gasteiger partial charge in [-0.15, -0.1) is 0 Å². The highest BCUT2D eigenvalue weighted by molar-refractivity contribution is 7.75. The number of amides is 1. The monoisotopic (exact) mass is 401 g/mol. The average molecular weight is 401 g/mol. The number of hydrogen-bond acceptors (Lipinski definition) is 9. The lowest BCUT2D eigenvalue weighted by Crippen LogP contribution is -2.27. The van der Waals surface area contributed by atoms with Crippen LogP contribution >= 0.6 is 7.60 Å². The second kappa shape index (κ2) is 9.36. The van der Waals surface area contributed by atoms with Crippen molar-refractivity contribution in [3.63, 3.8) is 0 Å². The minimum absolute atomic E-state index is 0.0856. The second-order valence-electron chi connectivity index (χ2n) is 5.77. The van der Waals surface area contributed by atoms with E-state index in [9.17, 15) is 24.3 Å². The Kier molecular flexibility index (Phi) is 7.77. The standard InChI is InChI=1S/C15H20N3O8P/c1-9(2)25-27(23,26-10(3)4)14(13(16)19)17-24-15(20)11-5-7-12(8-6-11)18(21)22/h5-10H,1-4H3,(H2,16,19). The van der Waals surface area contributed by atoms with Crippen LogP contribution in [0, 0.1) is 10.1 Å². The van der Waals surface area contributed by atoms with Crippen LogP contribution in [0.3, 0.4) is 0 Å². The number of nitro groups is 1. The zero-order valence-electron chi connectivity index (χ0n) is 15.1. The second-order valence-corrected chi connectivity index (χ2v) is 7.61. The smallest absolute Gasteiger partial charge is 0.364 e. The van der Waals surface area contributed by atoms with Crippen LogP contribution in [0.2, 0.25) is 0 Å². The minimum Gasteiger partial charge on any atom is -0.364 e. The highest BCUT2D eigenvalue weighted by Crippen LogP contribution is 2.52. The number of nitrogens with zero attached hydrogens (tertiary/aromatic N) is 2. The number of carbonyl (C=O) groups excluding carboxylic acids is 2. The number of carbonyl (C=O) groups is 2. The predicted octanol–water partition coefficient (Wildman–Crippen LogP) is 2.59. The summed E-state index contributed by atoms with van der Waals surface area (Å²) in [4.78, 5) is 38.3. The number of oxime groups is 1. The molecule has 0 radical (unpaired) electrons. The van der Waals surface area contributed by atoms with E-state index in [1.54, 1.807) is 27.7 Å². The molecule has 0 aromatic heterocycles. The maximum Gasteiger partial charge on any atom is 0.389 e. The third-order valence-electron chi connectivity index (χ3n) is 2.71. The van der Waals surface area contributed by atoms with E-state index < -0.39 is 42.1 Å². The third-order valence-corrected chi connectivity index (χ3v) is 4.93. The Morgan fingerprint density at radius 1 is 1.11 bits per heavy atom. The van der Waals surface area contributed by atoms with Crippen LogP contribution in [-0.4, -0.2) is 34.5 Å². The number of nitro benzene ring substituents is 1. The molecule has 0 aliphatic heterocycles. The molecule has 1 aromatic rings. The number of rotatable bonds is 9. The summed E-state index contributed by atoms with van der Waals surface area (Å²) in [5.74, 6) is -2.31. The molecule has 0 heterocycles. The summed E-state index contributed by atoms with van der Waals surface area (Å²) in [5.41, 5.74) is 4.00. The molecule has 1 rings (SSSR count). The zero-order valence-corrected chi connectivity index (χ0v) is 16.0. The Morgan fingerprint density at radius 3 is 1.96 bits per heavy atom. The molecule has 0 saturated heterocycles. The van der Waals surface area contributed by atoms with Crippen LogP contribution in [-0.2, 0) is 23.2 Å². The molecule has 0 unspecified atom stereocenters. The molecule has 0 aliphatic rings. The van der Waals surface area contributed by atoms with Gasteiger partial charge in [-0.1, -0.05) is 5.16 Å². The first-order valence-electron chi connectivity index (χ1n) is 7.77. The van der Waals surface area contributed by atoms with E-state index in [0.717, 1.165) is 24.3 Å². The maximum atomic E-state index is 12.9. The van der Waals surface area contributed by atoms with Crippen molar-refractivity contribution in [1.29, 1.82) is 0 Å². The Balaban J connectivity index is 3.12. The van der Waals surface area contributed by atoms with E-state index in [1.165, 1.54) is 0 Å². The summed E-state index contributed by atoms with van der Waals surface area (Å²) in [6, 6.07) is 4.44. The number of primary amides is 1. The van der Waals surface area contributed by atoms with Crippen LogP contribution in [0.5, 0.6) is 0 Å². The van der Waals surface area contributed by atoms with Crippen LogP contribution in [0.4, 0.5) is 5.69 Å². The molecule has 12 heteroatoms. The SMILES string of the molecule is CC(C)OP(=O)(OC(C)C)C(=NOC(=O)c1ccc([N+](=O)[O-])cc1)C(N)=O. The molecule has 0 saturated carbocycles. The first-order chi connectivity index (χ1) is 12.5. The lowest BCUT2D eigenvalue weighted by Gasteiger charge is -2.21. The number of non-ortho nitro benzene ring substituents is 1. The van der Waals surface area contributed by atoms with Gasteiger partial charge in [-0.2, -0.15) is 0 Å². The average Bonchev–Trinajstić information content (AvgIpc) is 2.52. The fourth-order valence-electron chi connectivity index (χ4n) is 1.77. The first-order valence-corrected chi connectivity index (χ1v) is 9.31. The highest BCUT2D eigenvalue weighted by Gasteiger charge is 2.39. The van der Waals surface area contributed by atoms with Gasteiger partial charge in [0.15, 0.2) is 0 Å². The van der Waals surface area contributed by atoms with Gasteiger partial charge in [-0.25, -0.2) is 4.79 Å². The molecule has 0 bridgehead atoms. The maximum absolute atomic E-state index is 12.9. The van der Waals surface area contributed by atoms with Crippen molar-refractivity contribution in [2.75, 3.05) is 0 Å². The summed E-state index contributed by atoms with van der Waals surface area (Å²) in [6.45, 7) is 6.21. The van der Waals surface area contributed by atoms with Crippen LogP contribution in [0.25, 0.3) is 0 Å². The molecule has 1 amide bonds. The molecule has 2 N–H and O–H groups in total. The Bertz CT molecular complexity index is 775. The molecule has 0 spiro atoms.